The van der Waals surface area contributed by atoms with Crippen molar-refractivity contribution in [1.82, 2.24) is 15.5 Å². The lowest BCUT2D eigenvalue weighted by molar-refractivity contribution is -0.00684. The minimum absolute atomic E-state index is 0.0403. The van der Waals surface area contributed by atoms with Crippen LogP contribution >= 0.6 is 0 Å². The minimum Gasteiger partial charge on any atom is -0.486 e. The lowest BCUT2D eigenvalue weighted by Gasteiger charge is -2.39. The van der Waals surface area contributed by atoms with Gasteiger partial charge in [0, 0.05) is 25.2 Å². The highest BCUT2D eigenvalue weighted by atomic mass is 19.1. The number of aliphatic imine (C=N–C) groups is 1. The monoisotopic (exact) mass is 380 g/mol. The molecular weight excluding hydrogens is 347 g/mol. The van der Waals surface area contributed by atoms with Gasteiger partial charge >= 0.3 is 0 Å². The van der Waals surface area contributed by atoms with Crippen molar-refractivity contribution in [2.24, 2.45) is 4.99 Å². The van der Waals surface area contributed by atoms with Crippen LogP contribution in [0, 0.1) is 5.82 Å². The SMILES string of the molecule is CCNC(=NCC(C)(C)N1CCOCC1)NCC(C)Oc1ccccc1F. The van der Waals surface area contributed by atoms with Crippen LogP contribution in [0.3, 0.4) is 0 Å². The average Bonchev–Trinajstić information content (AvgIpc) is 2.66. The highest BCUT2D eigenvalue weighted by Gasteiger charge is 2.28. The van der Waals surface area contributed by atoms with Gasteiger partial charge in [-0.1, -0.05) is 12.1 Å². The van der Waals surface area contributed by atoms with Gasteiger partial charge in [-0.25, -0.2) is 4.39 Å². The summed E-state index contributed by atoms with van der Waals surface area (Å²) in [7, 11) is 0. The summed E-state index contributed by atoms with van der Waals surface area (Å²) in [5.74, 6) is 0.655. The number of nitrogens with zero attached hydrogens (tertiary/aromatic N) is 2. The van der Waals surface area contributed by atoms with E-state index >= 15 is 0 Å². The number of hydrogen-bond donors (Lipinski definition) is 2. The van der Waals surface area contributed by atoms with Crippen molar-refractivity contribution < 1.29 is 13.9 Å². The second-order valence-corrected chi connectivity index (χ2v) is 7.35. The highest BCUT2D eigenvalue weighted by Crippen LogP contribution is 2.17. The maximum atomic E-state index is 13.7. The number of guanidine groups is 1. The number of para-hydroxylation sites is 1. The Hall–Kier alpha value is -1.86. The summed E-state index contributed by atoms with van der Waals surface area (Å²) in [6.45, 7) is 13.7. The number of nitrogens with one attached hydrogen (secondary N) is 2. The van der Waals surface area contributed by atoms with Gasteiger partial charge in [0.25, 0.3) is 0 Å². The van der Waals surface area contributed by atoms with E-state index in [1.807, 2.05) is 13.8 Å². The molecule has 1 aliphatic heterocycles. The molecule has 1 atom stereocenters. The van der Waals surface area contributed by atoms with Gasteiger partial charge in [0.2, 0.25) is 0 Å². The van der Waals surface area contributed by atoms with Crippen molar-refractivity contribution in [3.05, 3.63) is 30.1 Å². The van der Waals surface area contributed by atoms with E-state index in [0.29, 0.717) is 13.1 Å². The predicted octanol–water partition coefficient (Wildman–Crippen LogP) is 2.26. The van der Waals surface area contributed by atoms with Gasteiger partial charge in [0.15, 0.2) is 17.5 Å². The average molecular weight is 381 g/mol. The van der Waals surface area contributed by atoms with Crippen LogP contribution in [0.25, 0.3) is 0 Å². The molecule has 0 spiro atoms. The molecular formula is C20H33FN4O2. The van der Waals surface area contributed by atoms with E-state index < -0.39 is 0 Å². The third-order valence-corrected chi connectivity index (χ3v) is 4.56. The van der Waals surface area contributed by atoms with Crippen molar-refractivity contribution in [3.8, 4) is 5.75 Å². The largest absolute Gasteiger partial charge is 0.486 e. The molecule has 0 radical (unpaired) electrons. The zero-order chi connectivity index (χ0) is 19.7. The van der Waals surface area contributed by atoms with Crippen LogP contribution in [-0.4, -0.2) is 68.4 Å². The van der Waals surface area contributed by atoms with Crippen LogP contribution in [0.1, 0.15) is 27.7 Å². The molecule has 0 bridgehead atoms. The third kappa shape index (κ3) is 6.99. The zero-order valence-electron chi connectivity index (χ0n) is 16.9. The van der Waals surface area contributed by atoms with Crippen LogP contribution in [-0.2, 0) is 4.74 Å². The molecule has 1 aromatic carbocycles. The Kier molecular flexibility index (Phi) is 8.31. The number of ether oxygens (including phenoxy) is 2. The molecule has 1 fully saturated rings. The molecule has 2 rings (SSSR count). The van der Waals surface area contributed by atoms with Crippen molar-refractivity contribution in [1.29, 1.82) is 0 Å². The first-order valence-electron chi connectivity index (χ1n) is 9.68. The number of rotatable bonds is 8. The maximum absolute atomic E-state index is 13.7. The fourth-order valence-corrected chi connectivity index (χ4v) is 2.92. The summed E-state index contributed by atoms with van der Waals surface area (Å²) in [6, 6.07) is 6.44. The Morgan fingerprint density at radius 1 is 1.30 bits per heavy atom. The molecule has 1 heterocycles. The van der Waals surface area contributed by atoms with Crippen LogP contribution in [0.5, 0.6) is 5.75 Å². The third-order valence-electron chi connectivity index (χ3n) is 4.56. The molecule has 1 saturated heterocycles. The minimum atomic E-state index is -0.350. The number of benzene rings is 1. The summed E-state index contributed by atoms with van der Waals surface area (Å²) >= 11 is 0. The van der Waals surface area contributed by atoms with Crippen LogP contribution in [0.4, 0.5) is 4.39 Å². The predicted molar refractivity (Wildman–Crippen MR) is 107 cm³/mol. The maximum Gasteiger partial charge on any atom is 0.191 e. The van der Waals surface area contributed by atoms with Gasteiger partial charge in [-0.3, -0.25) is 9.89 Å². The van der Waals surface area contributed by atoms with E-state index in [4.69, 9.17) is 14.5 Å². The van der Waals surface area contributed by atoms with E-state index in [-0.39, 0.29) is 23.2 Å². The Morgan fingerprint density at radius 3 is 2.67 bits per heavy atom. The van der Waals surface area contributed by atoms with E-state index in [0.717, 1.165) is 38.8 Å². The smallest absolute Gasteiger partial charge is 0.191 e. The number of hydrogen-bond acceptors (Lipinski definition) is 4. The Balaban J connectivity index is 1.88. The van der Waals surface area contributed by atoms with Crippen LogP contribution in [0.2, 0.25) is 0 Å². The van der Waals surface area contributed by atoms with E-state index in [9.17, 15) is 4.39 Å². The van der Waals surface area contributed by atoms with Gasteiger partial charge in [-0.2, -0.15) is 0 Å². The molecule has 27 heavy (non-hydrogen) atoms. The Morgan fingerprint density at radius 2 is 2.00 bits per heavy atom. The molecule has 0 aliphatic carbocycles. The molecule has 7 heteroatoms. The molecule has 1 aromatic rings. The van der Waals surface area contributed by atoms with E-state index in [2.05, 4.69) is 29.4 Å². The lowest BCUT2D eigenvalue weighted by Crippen LogP contribution is -2.52. The van der Waals surface area contributed by atoms with Crippen molar-refractivity contribution in [3.63, 3.8) is 0 Å². The number of morpholine rings is 1. The summed E-state index contributed by atoms with van der Waals surface area (Å²) in [6.07, 6.45) is -0.196. The Labute approximate surface area is 162 Å². The zero-order valence-corrected chi connectivity index (χ0v) is 16.9. The van der Waals surface area contributed by atoms with Gasteiger partial charge < -0.3 is 20.1 Å². The van der Waals surface area contributed by atoms with Gasteiger partial charge in [0.1, 0.15) is 6.10 Å². The normalized spacial score (nSPS) is 17.4. The van der Waals surface area contributed by atoms with Crippen LogP contribution in [0.15, 0.2) is 29.3 Å². The second kappa shape index (κ2) is 10.5. The molecule has 1 unspecified atom stereocenters. The molecule has 1 aliphatic rings. The quantitative estimate of drug-likeness (QED) is 0.535. The standard InChI is InChI=1S/C20H33FN4O2/c1-5-22-19(24-15-20(3,4)25-10-12-26-13-11-25)23-14-16(2)27-18-9-7-6-8-17(18)21/h6-9,16H,5,10-15H2,1-4H3,(H2,22,23,24). The van der Waals surface area contributed by atoms with E-state index in [1.54, 1.807) is 18.2 Å². The first-order valence-corrected chi connectivity index (χ1v) is 9.68. The molecule has 2 N–H and O–H groups in total. The first-order chi connectivity index (χ1) is 12.9. The van der Waals surface area contributed by atoms with Crippen molar-refractivity contribution in [2.75, 3.05) is 45.9 Å². The number of halogens is 1. The highest BCUT2D eigenvalue weighted by molar-refractivity contribution is 5.79. The fraction of sp³-hybridized carbons (Fsp3) is 0.650. The fourth-order valence-electron chi connectivity index (χ4n) is 2.92. The van der Waals surface area contributed by atoms with E-state index in [1.165, 1.54) is 6.07 Å². The second-order valence-electron chi connectivity index (χ2n) is 7.35. The molecule has 152 valence electrons. The Bertz CT molecular complexity index is 603. The summed E-state index contributed by atoms with van der Waals surface area (Å²) in [4.78, 5) is 7.15. The summed E-state index contributed by atoms with van der Waals surface area (Å²) < 4.78 is 24.8. The molecule has 0 aromatic heterocycles. The molecule has 0 saturated carbocycles. The lowest BCUT2D eigenvalue weighted by atomic mass is 10.0. The topological polar surface area (TPSA) is 58.1 Å². The van der Waals surface area contributed by atoms with Crippen molar-refractivity contribution >= 4 is 5.96 Å². The summed E-state index contributed by atoms with van der Waals surface area (Å²) in [5.41, 5.74) is -0.0403. The molecule has 6 nitrogen and oxygen atoms in total. The van der Waals surface area contributed by atoms with Crippen LogP contribution < -0.4 is 15.4 Å². The van der Waals surface area contributed by atoms with Crippen molar-refractivity contribution in [2.45, 2.75) is 39.3 Å². The molecule has 0 amide bonds. The first kappa shape index (κ1) is 21.4. The van der Waals surface area contributed by atoms with Gasteiger partial charge in [-0.05, 0) is 39.8 Å². The van der Waals surface area contributed by atoms with Gasteiger partial charge in [-0.15, -0.1) is 0 Å². The summed E-state index contributed by atoms with van der Waals surface area (Å²) in [5, 5.41) is 6.54. The van der Waals surface area contributed by atoms with Gasteiger partial charge in [0.05, 0.1) is 26.3 Å².